The van der Waals surface area contributed by atoms with Crippen LogP contribution >= 0.6 is 11.3 Å². The first-order valence-corrected chi connectivity index (χ1v) is 9.83. The third kappa shape index (κ3) is 3.59. The molecule has 2 aromatic heterocycles. The Morgan fingerprint density at radius 3 is 2.68 bits per heavy atom. The van der Waals surface area contributed by atoms with E-state index < -0.39 is 0 Å². The van der Waals surface area contributed by atoms with E-state index in [2.05, 4.69) is 15.3 Å². The van der Waals surface area contributed by atoms with E-state index in [1.807, 2.05) is 68.4 Å². The number of hydrogen-bond acceptors (Lipinski definition) is 5. The average Bonchev–Trinajstić information content (AvgIpc) is 3.11. The van der Waals surface area contributed by atoms with E-state index >= 15 is 0 Å². The Hall–Kier alpha value is -3.25. The number of benzene rings is 2. The molecule has 28 heavy (non-hydrogen) atoms. The zero-order valence-electron chi connectivity index (χ0n) is 15.6. The van der Waals surface area contributed by atoms with E-state index in [4.69, 9.17) is 4.74 Å². The topological polar surface area (TPSA) is 64.1 Å². The molecule has 6 heteroatoms. The van der Waals surface area contributed by atoms with Gasteiger partial charge in [0.25, 0.3) is 5.91 Å². The van der Waals surface area contributed by atoms with Crippen molar-refractivity contribution in [1.29, 1.82) is 0 Å². The molecule has 4 aromatic rings. The minimum Gasteiger partial charge on any atom is -0.494 e. The van der Waals surface area contributed by atoms with Crippen molar-refractivity contribution in [2.24, 2.45) is 0 Å². The van der Waals surface area contributed by atoms with Gasteiger partial charge < -0.3 is 10.1 Å². The van der Waals surface area contributed by atoms with E-state index in [0.717, 1.165) is 27.2 Å². The molecule has 0 aliphatic heterocycles. The number of aromatic nitrogens is 2. The van der Waals surface area contributed by atoms with Gasteiger partial charge in [-0.05, 0) is 50.2 Å². The highest BCUT2D eigenvalue weighted by Gasteiger charge is 2.17. The van der Waals surface area contributed by atoms with Crippen molar-refractivity contribution in [3.63, 3.8) is 0 Å². The number of amides is 1. The molecular weight excluding hydrogens is 370 g/mol. The fourth-order valence-electron chi connectivity index (χ4n) is 2.98. The number of aryl methyl sites for hydroxylation is 1. The van der Waals surface area contributed by atoms with Crippen LogP contribution in [-0.2, 0) is 0 Å². The van der Waals surface area contributed by atoms with Crippen LogP contribution in [0.3, 0.4) is 0 Å². The zero-order chi connectivity index (χ0) is 19.5. The van der Waals surface area contributed by atoms with Crippen molar-refractivity contribution in [3.8, 4) is 16.3 Å². The van der Waals surface area contributed by atoms with Gasteiger partial charge in [-0.1, -0.05) is 18.2 Å². The van der Waals surface area contributed by atoms with Crippen molar-refractivity contribution in [2.45, 2.75) is 13.8 Å². The van der Waals surface area contributed by atoms with E-state index in [1.165, 1.54) is 11.3 Å². The molecule has 0 aliphatic carbocycles. The Balaban J connectivity index is 1.60. The van der Waals surface area contributed by atoms with Crippen LogP contribution < -0.4 is 10.1 Å². The normalized spacial score (nSPS) is 10.8. The van der Waals surface area contributed by atoms with Crippen molar-refractivity contribution < 1.29 is 9.53 Å². The first kappa shape index (κ1) is 18.1. The van der Waals surface area contributed by atoms with Crippen molar-refractivity contribution in [2.75, 3.05) is 11.9 Å². The summed E-state index contributed by atoms with van der Waals surface area (Å²) in [5.74, 6) is 0.645. The number of pyridine rings is 1. The van der Waals surface area contributed by atoms with Gasteiger partial charge in [0, 0.05) is 17.1 Å². The molecule has 0 radical (unpaired) electrons. The molecule has 1 N–H and O–H groups in total. The van der Waals surface area contributed by atoms with Crippen molar-refractivity contribution in [3.05, 3.63) is 71.4 Å². The summed E-state index contributed by atoms with van der Waals surface area (Å²) in [6.45, 7) is 4.43. The number of anilines is 1. The number of nitrogens with one attached hydrogen (secondary N) is 1. The molecule has 0 aliphatic rings. The number of carbonyl (C=O) groups is 1. The quantitative estimate of drug-likeness (QED) is 0.502. The lowest BCUT2D eigenvalue weighted by Gasteiger charge is -2.07. The van der Waals surface area contributed by atoms with Gasteiger partial charge in [-0.2, -0.15) is 0 Å². The molecule has 0 unspecified atom stereocenters. The van der Waals surface area contributed by atoms with E-state index in [0.29, 0.717) is 22.9 Å². The molecule has 0 spiro atoms. The lowest BCUT2D eigenvalue weighted by atomic mass is 10.2. The summed E-state index contributed by atoms with van der Waals surface area (Å²) in [6, 6.07) is 17.3. The number of thiazole rings is 1. The van der Waals surface area contributed by atoms with Crippen LogP contribution in [0.1, 0.15) is 22.3 Å². The molecular formula is C22H19N3O2S. The van der Waals surface area contributed by atoms with Crippen LogP contribution in [0.2, 0.25) is 0 Å². The molecule has 0 saturated heterocycles. The van der Waals surface area contributed by atoms with Gasteiger partial charge in [-0.15, -0.1) is 11.3 Å². The van der Waals surface area contributed by atoms with Gasteiger partial charge >= 0.3 is 0 Å². The smallest absolute Gasteiger partial charge is 0.267 e. The first-order valence-electron chi connectivity index (χ1n) is 9.01. The maximum Gasteiger partial charge on any atom is 0.267 e. The summed E-state index contributed by atoms with van der Waals surface area (Å²) >= 11 is 1.38. The Labute approximate surface area is 167 Å². The van der Waals surface area contributed by atoms with Crippen LogP contribution in [0, 0.1) is 6.92 Å². The maximum absolute atomic E-state index is 12.9. The fourth-order valence-corrected chi connectivity index (χ4v) is 3.94. The summed E-state index contributed by atoms with van der Waals surface area (Å²) in [5, 5.41) is 4.77. The summed E-state index contributed by atoms with van der Waals surface area (Å²) in [7, 11) is 0. The Morgan fingerprint density at radius 2 is 1.89 bits per heavy atom. The van der Waals surface area contributed by atoms with Crippen LogP contribution in [0.25, 0.3) is 21.5 Å². The largest absolute Gasteiger partial charge is 0.494 e. The third-order valence-corrected chi connectivity index (χ3v) is 5.50. The lowest BCUT2D eigenvalue weighted by Crippen LogP contribution is -2.12. The second-order valence-electron chi connectivity index (χ2n) is 6.23. The molecule has 0 saturated carbocycles. The number of hydrogen-bond donors (Lipinski definition) is 1. The van der Waals surface area contributed by atoms with Gasteiger partial charge in [0.1, 0.15) is 15.6 Å². The molecule has 0 bridgehead atoms. The molecule has 0 fully saturated rings. The Bertz CT molecular complexity index is 1130. The minimum absolute atomic E-state index is 0.176. The summed E-state index contributed by atoms with van der Waals surface area (Å²) in [6.07, 6.45) is 1.72. The second kappa shape index (κ2) is 7.78. The molecule has 1 amide bonds. The second-order valence-corrected chi connectivity index (χ2v) is 7.22. The van der Waals surface area contributed by atoms with Gasteiger partial charge in [-0.3, -0.25) is 9.78 Å². The van der Waals surface area contributed by atoms with Crippen LogP contribution in [0.4, 0.5) is 5.69 Å². The predicted octanol–water partition coefficient (Wildman–Crippen LogP) is 5.32. The summed E-state index contributed by atoms with van der Waals surface area (Å²) in [5.41, 5.74) is 3.13. The third-order valence-electron chi connectivity index (χ3n) is 4.30. The number of nitrogens with zero attached hydrogens (tertiary/aromatic N) is 2. The van der Waals surface area contributed by atoms with Crippen LogP contribution in [-0.4, -0.2) is 22.5 Å². The standard InChI is InChI=1S/C22H19N3O2S/c1-3-27-17-11-9-16(10-12-17)22-24-14(2)20(28-22)21(26)25-18-8-4-6-15-7-5-13-23-19(15)18/h4-13H,3H2,1-2H3,(H,25,26). The highest BCUT2D eigenvalue weighted by Crippen LogP contribution is 2.30. The van der Waals surface area contributed by atoms with Gasteiger partial charge in [0.2, 0.25) is 0 Å². The average molecular weight is 389 g/mol. The highest BCUT2D eigenvalue weighted by molar-refractivity contribution is 7.17. The number of fused-ring (bicyclic) bond motifs is 1. The SMILES string of the molecule is CCOc1ccc(-c2nc(C)c(C(=O)Nc3cccc4cccnc34)s2)cc1. The minimum atomic E-state index is -0.176. The van der Waals surface area contributed by atoms with E-state index in [9.17, 15) is 4.79 Å². The van der Waals surface area contributed by atoms with Crippen LogP contribution in [0.15, 0.2) is 60.8 Å². The molecule has 2 aromatic carbocycles. The Morgan fingerprint density at radius 1 is 1.11 bits per heavy atom. The number of rotatable bonds is 5. The summed E-state index contributed by atoms with van der Waals surface area (Å²) in [4.78, 5) is 22.4. The van der Waals surface area contributed by atoms with Crippen molar-refractivity contribution in [1.82, 2.24) is 9.97 Å². The predicted molar refractivity (Wildman–Crippen MR) is 113 cm³/mol. The fraction of sp³-hybridized carbons (Fsp3) is 0.136. The molecule has 0 atom stereocenters. The monoisotopic (exact) mass is 389 g/mol. The summed E-state index contributed by atoms with van der Waals surface area (Å²) < 4.78 is 5.48. The van der Waals surface area contributed by atoms with Crippen molar-refractivity contribution >= 4 is 33.8 Å². The number of para-hydroxylation sites is 1. The van der Waals surface area contributed by atoms with E-state index in [1.54, 1.807) is 6.20 Å². The molecule has 2 heterocycles. The molecule has 5 nitrogen and oxygen atoms in total. The first-order chi connectivity index (χ1) is 13.7. The van der Waals surface area contributed by atoms with Gasteiger partial charge in [0.15, 0.2) is 0 Å². The van der Waals surface area contributed by atoms with Crippen LogP contribution in [0.5, 0.6) is 5.75 Å². The van der Waals surface area contributed by atoms with Gasteiger partial charge in [-0.25, -0.2) is 4.98 Å². The number of ether oxygens (including phenoxy) is 1. The number of carbonyl (C=O) groups excluding carboxylic acids is 1. The highest BCUT2D eigenvalue weighted by atomic mass is 32.1. The molecule has 4 rings (SSSR count). The van der Waals surface area contributed by atoms with E-state index in [-0.39, 0.29) is 5.91 Å². The maximum atomic E-state index is 12.9. The zero-order valence-corrected chi connectivity index (χ0v) is 16.4. The molecule has 140 valence electrons. The van der Waals surface area contributed by atoms with Gasteiger partial charge in [0.05, 0.1) is 23.5 Å². The lowest BCUT2D eigenvalue weighted by molar-refractivity contribution is 0.103. The Kier molecular flexibility index (Phi) is 5.04.